The zero-order valence-corrected chi connectivity index (χ0v) is 13.1. The van der Waals surface area contributed by atoms with Gasteiger partial charge in [0.05, 0.1) is 10.6 Å². The number of rotatable bonds is 4. The molecule has 0 unspecified atom stereocenters. The van der Waals surface area contributed by atoms with Crippen LogP contribution in [0.2, 0.25) is 0 Å². The summed E-state index contributed by atoms with van der Waals surface area (Å²) in [6, 6.07) is 9.70. The normalized spacial score (nSPS) is 11.8. The maximum Gasteiger partial charge on any atom is 0.435 e. The fourth-order valence-corrected chi connectivity index (χ4v) is 3.29. The molecular weight excluding hydrogens is 341 g/mol. The lowest BCUT2D eigenvalue weighted by molar-refractivity contribution is -0.140. The molecule has 0 spiro atoms. The molecule has 9 heteroatoms. The van der Waals surface area contributed by atoms with Crippen molar-refractivity contribution in [2.24, 2.45) is 5.73 Å². The smallest absolute Gasteiger partial charge is 0.350 e. The summed E-state index contributed by atoms with van der Waals surface area (Å²) in [5.41, 5.74) is 4.81. The third kappa shape index (κ3) is 3.00. The Morgan fingerprint density at radius 2 is 2.00 bits per heavy atom. The van der Waals surface area contributed by atoms with Crippen molar-refractivity contribution in [1.82, 2.24) is 15.1 Å². The molecule has 5 nitrogen and oxygen atoms in total. The van der Waals surface area contributed by atoms with E-state index in [4.69, 9.17) is 5.73 Å². The molecule has 0 aliphatic rings. The Kier molecular flexibility index (Phi) is 4.29. The first-order valence-electron chi connectivity index (χ1n) is 7.05. The summed E-state index contributed by atoms with van der Waals surface area (Å²) in [4.78, 5) is 12.5. The largest absolute Gasteiger partial charge is 0.435 e. The van der Waals surface area contributed by atoms with Crippen LogP contribution in [-0.2, 0) is 6.18 Å². The van der Waals surface area contributed by atoms with Crippen LogP contribution in [0.4, 0.5) is 13.2 Å². The highest BCUT2D eigenvalue weighted by atomic mass is 32.1. The van der Waals surface area contributed by atoms with E-state index in [0.29, 0.717) is 5.69 Å². The van der Waals surface area contributed by atoms with Gasteiger partial charge in [0.15, 0.2) is 5.69 Å². The van der Waals surface area contributed by atoms with Crippen LogP contribution >= 0.6 is 11.3 Å². The average molecular weight is 354 g/mol. The van der Waals surface area contributed by atoms with Crippen molar-refractivity contribution < 1.29 is 18.0 Å². The van der Waals surface area contributed by atoms with Gasteiger partial charge in [-0.3, -0.25) is 4.79 Å². The quantitative estimate of drug-likeness (QED) is 0.757. The summed E-state index contributed by atoms with van der Waals surface area (Å²) in [6.45, 7) is 0.506. The van der Waals surface area contributed by atoms with Crippen LogP contribution in [0.3, 0.4) is 0 Å². The maximum atomic E-state index is 13.3. The molecule has 3 aromatic rings. The summed E-state index contributed by atoms with van der Waals surface area (Å²) in [5.74, 6) is -0.450. The minimum absolute atomic E-state index is 0.0887. The number of hydrogen-bond acceptors (Lipinski definition) is 4. The number of alkyl halides is 3. The molecule has 3 N–H and O–H groups in total. The molecule has 0 bridgehead atoms. The van der Waals surface area contributed by atoms with Gasteiger partial charge in [-0.1, -0.05) is 18.2 Å². The number of amides is 1. The summed E-state index contributed by atoms with van der Waals surface area (Å²) in [7, 11) is 0. The van der Waals surface area contributed by atoms with Crippen molar-refractivity contribution in [2.75, 3.05) is 13.1 Å². The van der Waals surface area contributed by atoms with E-state index >= 15 is 0 Å². The molecule has 1 amide bonds. The van der Waals surface area contributed by atoms with Crippen LogP contribution in [0.25, 0.3) is 15.9 Å². The predicted octanol–water partition coefficient (Wildman–Crippen LogP) is 2.79. The molecule has 126 valence electrons. The Morgan fingerprint density at radius 1 is 1.29 bits per heavy atom. The number of aromatic nitrogens is 2. The first-order chi connectivity index (χ1) is 11.4. The van der Waals surface area contributed by atoms with Gasteiger partial charge in [-0.15, -0.1) is 11.3 Å². The Balaban J connectivity index is 2.15. The minimum atomic E-state index is -4.61. The van der Waals surface area contributed by atoms with E-state index in [1.54, 1.807) is 30.3 Å². The van der Waals surface area contributed by atoms with E-state index in [2.05, 4.69) is 10.4 Å². The van der Waals surface area contributed by atoms with E-state index in [1.807, 2.05) is 0 Å². The number of carbonyl (C=O) groups excluding carboxylic acids is 1. The second kappa shape index (κ2) is 6.25. The van der Waals surface area contributed by atoms with Crippen molar-refractivity contribution in [1.29, 1.82) is 0 Å². The van der Waals surface area contributed by atoms with E-state index in [-0.39, 0.29) is 28.2 Å². The Hall–Kier alpha value is -2.39. The van der Waals surface area contributed by atoms with Gasteiger partial charge in [0.25, 0.3) is 5.91 Å². The third-order valence-electron chi connectivity index (χ3n) is 3.28. The topological polar surface area (TPSA) is 72.9 Å². The highest BCUT2D eigenvalue weighted by Crippen LogP contribution is 2.38. The molecule has 2 heterocycles. The molecule has 0 radical (unpaired) electrons. The molecule has 0 aliphatic heterocycles. The fourth-order valence-electron chi connectivity index (χ4n) is 2.25. The minimum Gasteiger partial charge on any atom is -0.350 e. The summed E-state index contributed by atoms with van der Waals surface area (Å²) in [6.07, 6.45) is -4.61. The number of hydrogen-bond donors (Lipinski definition) is 2. The molecule has 0 saturated carbocycles. The van der Waals surface area contributed by atoms with Crippen LogP contribution in [0.1, 0.15) is 15.4 Å². The van der Waals surface area contributed by atoms with Gasteiger partial charge in [0.1, 0.15) is 4.83 Å². The first kappa shape index (κ1) is 16.5. The molecule has 0 saturated heterocycles. The van der Waals surface area contributed by atoms with Gasteiger partial charge < -0.3 is 11.1 Å². The number of carbonyl (C=O) groups is 1. The number of nitrogens with two attached hydrogens (primary N) is 1. The fraction of sp³-hybridized carbons (Fsp3) is 0.200. The first-order valence-corrected chi connectivity index (χ1v) is 7.87. The second-order valence-corrected chi connectivity index (χ2v) is 6.00. The zero-order chi connectivity index (χ0) is 17.3. The molecule has 0 atom stereocenters. The van der Waals surface area contributed by atoms with Gasteiger partial charge >= 0.3 is 6.18 Å². The average Bonchev–Trinajstić information content (AvgIpc) is 3.11. The maximum absolute atomic E-state index is 13.3. The SMILES string of the molecule is NCCNC(=O)c1cc2c(C(F)(F)F)nn(-c3ccccc3)c2s1. The van der Waals surface area contributed by atoms with E-state index in [0.717, 1.165) is 11.3 Å². The van der Waals surface area contributed by atoms with Crippen LogP contribution in [-0.4, -0.2) is 28.8 Å². The van der Waals surface area contributed by atoms with E-state index in [9.17, 15) is 18.0 Å². The summed E-state index contributed by atoms with van der Waals surface area (Å²) < 4.78 is 41.0. The zero-order valence-electron chi connectivity index (χ0n) is 12.3. The number of thiophene rings is 1. The third-order valence-corrected chi connectivity index (χ3v) is 4.39. The van der Waals surface area contributed by atoms with Crippen molar-refractivity contribution in [3.8, 4) is 5.69 Å². The molecule has 24 heavy (non-hydrogen) atoms. The van der Waals surface area contributed by atoms with Crippen LogP contribution in [0, 0.1) is 0 Å². The molecular formula is C15H13F3N4OS. The van der Waals surface area contributed by atoms with Crippen molar-refractivity contribution in [2.45, 2.75) is 6.18 Å². The second-order valence-electron chi connectivity index (χ2n) is 4.97. The van der Waals surface area contributed by atoms with Crippen LogP contribution < -0.4 is 11.1 Å². The monoisotopic (exact) mass is 354 g/mol. The molecule has 1 aromatic carbocycles. The molecule has 0 fully saturated rings. The highest BCUT2D eigenvalue weighted by Gasteiger charge is 2.38. The number of benzene rings is 1. The van der Waals surface area contributed by atoms with Gasteiger partial charge in [-0.2, -0.15) is 18.3 Å². The Morgan fingerprint density at radius 3 is 2.62 bits per heavy atom. The van der Waals surface area contributed by atoms with Crippen LogP contribution in [0.5, 0.6) is 0 Å². The standard InChI is InChI=1S/C15H13F3N4OS/c16-15(17,18)12-10-8-11(13(23)20-7-6-19)24-14(10)22(21-12)9-4-2-1-3-5-9/h1-5,8H,6-7,19H2,(H,20,23). The van der Waals surface area contributed by atoms with Gasteiger partial charge in [-0.25, -0.2) is 4.68 Å². The highest BCUT2D eigenvalue weighted by molar-refractivity contribution is 7.20. The molecule has 3 rings (SSSR count). The summed E-state index contributed by atoms with van der Waals surface area (Å²) >= 11 is 0.962. The van der Waals surface area contributed by atoms with Gasteiger partial charge in [-0.05, 0) is 18.2 Å². The summed E-state index contributed by atoms with van der Waals surface area (Å²) in [5, 5.41) is 6.17. The number of fused-ring (bicyclic) bond motifs is 1. The Labute approximate surface area is 138 Å². The van der Waals surface area contributed by atoms with Crippen molar-refractivity contribution in [3.63, 3.8) is 0 Å². The van der Waals surface area contributed by atoms with Crippen molar-refractivity contribution in [3.05, 3.63) is 47.0 Å². The number of halogens is 3. The van der Waals surface area contributed by atoms with Crippen LogP contribution in [0.15, 0.2) is 36.4 Å². The van der Waals surface area contributed by atoms with Gasteiger partial charge in [0.2, 0.25) is 0 Å². The number of nitrogens with zero attached hydrogens (tertiary/aromatic N) is 2. The molecule has 0 aliphatic carbocycles. The molecule has 2 aromatic heterocycles. The Bertz CT molecular complexity index is 870. The lowest BCUT2D eigenvalue weighted by Crippen LogP contribution is -2.28. The van der Waals surface area contributed by atoms with Crippen molar-refractivity contribution >= 4 is 27.5 Å². The number of nitrogens with one attached hydrogen (secondary N) is 1. The van der Waals surface area contributed by atoms with E-state index < -0.39 is 17.8 Å². The lowest BCUT2D eigenvalue weighted by atomic mass is 10.2. The van der Waals surface area contributed by atoms with E-state index in [1.165, 1.54) is 10.7 Å². The lowest BCUT2D eigenvalue weighted by Gasteiger charge is -2.04. The number of para-hydroxylation sites is 1. The van der Waals surface area contributed by atoms with Gasteiger partial charge in [0, 0.05) is 18.5 Å². The predicted molar refractivity (Wildman–Crippen MR) is 85.3 cm³/mol.